The van der Waals surface area contributed by atoms with E-state index in [0.717, 1.165) is 23.6 Å². The predicted octanol–water partition coefficient (Wildman–Crippen LogP) is 2.29. The van der Waals surface area contributed by atoms with Gasteiger partial charge in [-0.2, -0.15) is 0 Å². The van der Waals surface area contributed by atoms with Crippen LogP contribution in [0.2, 0.25) is 0 Å². The van der Waals surface area contributed by atoms with E-state index < -0.39 is 0 Å². The number of carbonyl (C=O) groups is 1. The largest absolute Gasteiger partial charge is 0.496 e. The molecule has 1 aromatic heterocycles. The van der Waals surface area contributed by atoms with E-state index in [1.165, 1.54) is 0 Å². The highest BCUT2D eigenvalue weighted by molar-refractivity contribution is 5.82. The molecule has 1 amide bonds. The Hall–Kier alpha value is -2.30. The van der Waals surface area contributed by atoms with Gasteiger partial charge in [-0.15, -0.1) is 0 Å². The smallest absolute Gasteiger partial charge is 0.224 e. The molecule has 22 heavy (non-hydrogen) atoms. The minimum atomic E-state index is -0.309. The maximum absolute atomic E-state index is 12.4. The van der Waals surface area contributed by atoms with E-state index in [2.05, 4.69) is 17.2 Å². The molecule has 0 aliphatic heterocycles. The molecule has 0 spiro atoms. The van der Waals surface area contributed by atoms with Crippen LogP contribution in [0.3, 0.4) is 0 Å². The Labute approximate surface area is 130 Å². The van der Waals surface area contributed by atoms with Gasteiger partial charge in [-0.1, -0.05) is 25.1 Å². The van der Waals surface area contributed by atoms with Gasteiger partial charge >= 0.3 is 0 Å². The Balaban J connectivity index is 1.96. The van der Waals surface area contributed by atoms with Crippen molar-refractivity contribution in [3.8, 4) is 5.75 Å². The monoisotopic (exact) mass is 299 g/mol. The summed E-state index contributed by atoms with van der Waals surface area (Å²) in [5.74, 6) is 2.23. The molecule has 1 heterocycles. The normalized spacial score (nSPS) is 21.2. The zero-order valence-electron chi connectivity index (χ0n) is 13.1. The van der Waals surface area contributed by atoms with Crippen LogP contribution in [0.5, 0.6) is 5.75 Å². The summed E-state index contributed by atoms with van der Waals surface area (Å²) in [5, 5.41) is 3.14. The molecule has 5 heteroatoms. The maximum atomic E-state index is 12.4. The Bertz CT molecular complexity index is 680. The number of hydrogen-bond donors (Lipinski definition) is 1. The number of aromatic nitrogens is 2. The van der Waals surface area contributed by atoms with Crippen LogP contribution in [-0.2, 0) is 11.8 Å². The van der Waals surface area contributed by atoms with Gasteiger partial charge in [0.15, 0.2) is 0 Å². The van der Waals surface area contributed by atoms with Gasteiger partial charge in [-0.05, 0) is 18.4 Å². The van der Waals surface area contributed by atoms with Gasteiger partial charge in [0, 0.05) is 30.9 Å². The van der Waals surface area contributed by atoms with Gasteiger partial charge < -0.3 is 14.6 Å². The van der Waals surface area contributed by atoms with Gasteiger partial charge in [-0.25, -0.2) is 4.98 Å². The summed E-state index contributed by atoms with van der Waals surface area (Å²) in [4.78, 5) is 16.8. The van der Waals surface area contributed by atoms with E-state index in [4.69, 9.17) is 4.74 Å². The van der Waals surface area contributed by atoms with Crippen LogP contribution in [0, 0.1) is 11.8 Å². The SMILES string of the molecule is COc1ccccc1[C@H](NC(=O)[C@@H]1C[C@@H]1C)c1nccn1C. The quantitative estimate of drug-likeness (QED) is 0.921. The van der Waals surface area contributed by atoms with Crippen molar-refractivity contribution in [2.24, 2.45) is 18.9 Å². The molecule has 0 saturated heterocycles. The second-order valence-electron chi connectivity index (χ2n) is 5.90. The van der Waals surface area contributed by atoms with Crippen molar-refractivity contribution in [3.63, 3.8) is 0 Å². The third-order valence-electron chi connectivity index (χ3n) is 4.30. The first-order chi connectivity index (χ1) is 10.6. The summed E-state index contributed by atoms with van der Waals surface area (Å²) in [6.07, 6.45) is 4.58. The molecule has 1 fully saturated rings. The van der Waals surface area contributed by atoms with Crippen molar-refractivity contribution < 1.29 is 9.53 Å². The molecule has 1 N–H and O–H groups in total. The second-order valence-corrected chi connectivity index (χ2v) is 5.90. The maximum Gasteiger partial charge on any atom is 0.224 e. The molecular formula is C17H21N3O2. The Kier molecular flexibility index (Phi) is 3.88. The molecule has 0 bridgehead atoms. The second kappa shape index (κ2) is 5.83. The van der Waals surface area contributed by atoms with Crippen molar-refractivity contribution in [2.75, 3.05) is 7.11 Å². The minimum absolute atomic E-state index is 0.0893. The lowest BCUT2D eigenvalue weighted by molar-refractivity contribution is -0.123. The Morgan fingerprint density at radius 1 is 1.45 bits per heavy atom. The van der Waals surface area contributed by atoms with Crippen LogP contribution in [0.15, 0.2) is 36.7 Å². The van der Waals surface area contributed by atoms with Crippen molar-refractivity contribution in [1.82, 2.24) is 14.9 Å². The number of nitrogens with one attached hydrogen (secondary N) is 1. The average Bonchev–Trinajstić information content (AvgIpc) is 3.11. The number of methoxy groups -OCH3 is 1. The van der Waals surface area contributed by atoms with E-state index in [9.17, 15) is 4.79 Å². The van der Waals surface area contributed by atoms with Crippen LogP contribution in [-0.4, -0.2) is 22.6 Å². The molecule has 1 aliphatic rings. The van der Waals surface area contributed by atoms with Gasteiger partial charge in [0.25, 0.3) is 0 Å². The first-order valence-corrected chi connectivity index (χ1v) is 7.52. The number of carbonyl (C=O) groups excluding carboxylic acids is 1. The van der Waals surface area contributed by atoms with Crippen LogP contribution in [0.25, 0.3) is 0 Å². The molecule has 5 nitrogen and oxygen atoms in total. The van der Waals surface area contributed by atoms with E-state index in [0.29, 0.717) is 5.92 Å². The molecular weight excluding hydrogens is 278 g/mol. The number of benzene rings is 1. The Morgan fingerprint density at radius 2 is 2.18 bits per heavy atom. The summed E-state index contributed by atoms with van der Waals surface area (Å²) in [6, 6.07) is 7.42. The molecule has 1 aliphatic carbocycles. The lowest BCUT2D eigenvalue weighted by Crippen LogP contribution is -2.32. The summed E-state index contributed by atoms with van der Waals surface area (Å²) < 4.78 is 7.38. The lowest BCUT2D eigenvalue weighted by atomic mass is 10.0. The van der Waals surface area contributed by atoms with Crippen LogP contribution < -0.4 is 10.1 Å². The molecule has 116 valence electrons. The highest BCUT2D eigenvalue weighted by atomic mass is 16.5. The Morgan fingerprint density at radius 3 is 2.77 bits per heavy atom. The highest BCUT2D eigenvalue weighted by Gasteiger charge is 2.40. The van der Waals surface area contributed by atoms with E-state index in [-0.39, 0.29) is 17.9 Å². The van der Waals surface area contributed by atoms with Gasteiger partial charge in [0.1, 0.15) is 17.6 Å². The lowest BCUT2D eigenvalue weighted by Gasteiger charge is -2.21. The number of ether oxygens (including phenoxy) is 1. The third kappa shape index (κ3) is 2.71. The number of nitrogens with zero attached hydrogens (tertiary/aromatic N) is 2. The zero-order chi connectivity index (χ0) is 15.7. The van der Waals surface area contributed by atoms with Crippen molar-refractivity contribution in [3.05, 3.63) is 48.0 Å². The predicted molar refractivity (Wildman–Crippen MR) is 83.5 cm³/mol. The summed E-state index contributed by atoms with van der Waals surface area (Å²) in [5.41, 5.74) is 0.918. The first kappa shape index (κ1) is 14.6. The van der Waals surface area contributed by atoms with Crippen LogP contribution in [0.1, 0.15) is 30.8 Å². The van der Waals surface area contributed by atoms with Gasteiger partial charge in [0.2, 0.25) is 5.91 Å². The fourth-order valence-electron chi connectivity index (χ4n) is 2.78. The van der Waals surface area contributed by atoms with E-state index >= 15 is 0 Å². The number of amides is 1. The van der Waals surface area contributed by atoms with Gasteiger partial charge in [-0.3, -0.25) is 4.79 Å². The zero-order valence-corrected chi connectivity index (χ0v) is 13.1. The van der Waals surface area contributed by atoms with Crippen molar-refractivity contribution >= 4 is 5.91 Å². The minimum Gasteiger partial charge on any atom is -0.496 e. The van der Waals surface area contributed by atoms with Crippen molar-refractivity contribution in [1.29, 1.82) is 0 Å². The number of imidazole rings is 1. The summed E-state index contributed by atoms with van der Waals surface area (Å²) >= 11 is 0. The third-order valence-corrected chi connectivity index (χ3v) is 4.30. The fourth-order valence-corrected chi connectivity index (χ4v) is 2.78. The molecule has 0 radical (unpaired) electrons. The molecule has 3 atom stereocenters. The van der Waals surface area contributed by atoms with Gasteiger partial charge in [0.05, 0.1) is 7.11 Å². The van der Waals surface area contributed by atoms with Crippen molar-refractivity contribution in [2.45, 2.75) is 19.4 Å². The summed E-state index contributed by atoms with van der Waals surface area (Å²) in [6.45, 7) is 2.10. The number of hydrogen-bond acceptors (Lipinski definition) is 3. The molecule has 3 rings (SSSR count). The number of rotatable bonds is 5. The molecule has 2 aromatic rings. The standard InChI is InChI=1S/C17H21N3O2/c1-11-10-13(11)17(21)19-15(16-18-8-9-20(16)2)12-6-4-5-7-14(12)22-3/h4-9,11,13,15H,10H2,1-3H3,(H,19,21)/t11-,13+,15-/m0/s1. The first-order valence-electron chi connectivity index (χ1n) is 7.52. The molecule has 0 unspecified atom stereocenters. The number of aryl methyl sites for hydroxylation is 1. The van der Waals surface area contributed by atoms with E-state index in [1.807, 2.05) is 42.1 Å². The van der Waals surface area contributed by atoms with Crippen LogP contribution >= 0.6 is 0 Å². The van der Waals surface area contributed by atoms with E-state index in [1.54, 1.807) is 13.3 Å². The molecule has 1 saturated carbocycles. The van der Waals surface area contributed by atoms with Crippen LogP contribution in [0.4, 0.5) is 0 Å². The molecule has 1 aromatic carbocycles. The topological polar surface area (TPSA) is 56.1 Å². The summed E-state index contributed by atoms with van der Waals surface area (Å²) in [7, 11) is 3.57. The average molecular weight is 299 g/mol. The number of para-hydroxylation sites is 1. The highest BCUT2D eigenvalue weighted by Crippen LogP contribution is 2.39. The fraction of sp³-hybridized carbons (Fsp3) is 0.412.